The summed E-state index contributed by atoms with van der Waals surface area (Å²) in [5.74, 6) is -0.650. The zero-order valence-electron chi connectivity index (χ0n) is 15.7. The van der Waals surface area contributed by atoms with Gasteiger partial charge in [-0.2, -0.15) is 20.1 Å². The van der Waals surface area contributed by atoms with E-state index in [0.29, 0.717) is 16.3 Å². The first-order valence-corrected chi connectivity index (χ1v) is 8.99. The maximum Gasteiger partial charge on any atom is 0.292 e. The molecule has 1 aromatic heterocycles. The molecule has 0 aliphatic carbocycles. The van der Waals surface area contributed by atoms with E-state index < -0.39 is 11.5 Å². The maximum absolute atomic E-state index is 12.6. The van der Waals surface area contributed by atoms with Gasteiger partial charge in [0.15, 0.2) is 5.69 Å². The Balaban J connectivity index is 1.98. The van der Waals surface area contributed by atoms with Gasteiger partial charge in [-0.1, -0.05) is 47.5 Å². The van der Waals surface area contributed by atoms with E-state index in [1.807, 2.05) is 25.1 Å². The number of hydrazone groups is 1. The highest BCUT2D eigenvalue weighted by Crippen LogP contribution is 2.13. The number of nitrogens with one attached hydrogen (secondary N) is 1. The lowest BCUT2D eigenvalue weighted by Crippen LogP contribution is -2.31. The van der Waals surface area contributed by atoms with Crippen molar-refractivity contribution in [2.45, 2.75) is 13.8 Å². The number of aryl methyl sites for hydroxylation is 1. The van der Waals surface area contributed by atoms with E-state index in [9.17, 15) is 14.9 Å². The van der Waals surface area contributed by atoms with Crippen molar-refractivity contribution in [1.29, 1.82) is 5.26 Å². The number of aromatic nitrogens is 2. The normalized spacial score (nSPS) is 10.7. The molecule has 0 atom stereocenters. The van der Waals surface area contributed by atoms with Crippen LogP contribution in [-0.2, 0) is 0 Å². The van der Waals surface area contributed by atoms with Crippen LogP contribution in [0.3, 0.4) is 0 Å². The van der Waals surface area contributed by atoms with Gasteiger partial charge in [0, 0.05) is 16.1 Å². The second kappa shape index (κ2) is 8.50. The molecule has 0 fully saturated rings. The van der Waals surface area contributed by atoms with Gasteiger partial charge in [-0.25, -0.2) is 5.43 Å². The number of halogens is 1. The SMILES string of the molecule is Cc1ccc(-n2nc(C(=O)N/N=C/c3ccccc3Cl)c(C)c(C#N)c2=O)cc1. The average Bonchev–Trinajstić information content (AvgIpc) is 2.71. The van der Waals surface area contributed by atoms with E-state index in [1.165, 1.54) is 13.1 Å². The summed E-state index contributed by atoms with van der Waals surface area (Å²) in [6.45, 7) is 3.41. The lowest BCUT2D eigenvalue weighted by atomic mass is 10.1. The summed E-state index contributed by atoms with van der Waals surface area (Å²) in [6, 6.07) is 15.9. The van der Waals surface area contributed by atoms with Gasteiger partial charge < -0.3 is 0 Å². The highest BCUT2D eigenvalue weighted by molar-refractivity contribution is 6.33. The van der Waals surface area contributed by atoms with Crippen molar-refractivity contribution >= 4 is 23.7 Å². The van der Waals surface area contributed by atoms with Crippen LogP contribution in [0.1, 0.15) is 32.7 Å². The van der Waals surface area contributed by atoms with Crippen LogP contribution in [0.2, 0.25) is 5.02 Å². The molecule has 1 N–H and O–H groups in total. The van der Waals surface area contributed by atoms with E-state index in [-0.39, 0.29) is 16.8 Å². The van der Waals surface area contributed by atoms with Crippen LogP contribution in [0.15, 0.2) is 58.4 Å². The predicted octanol–water partition coefficient (Wildman–Crippen LogP) is 3.14. The number of carbonyl (C=O) groups excluding carboxylic acids is 1. The molecule has 0 aliphatic rings. The smallest absolute Gasteiger partial charge is 0.266 e. The monoisotopic (exact) mass is 405 g/mol. The molecule has 3 rings (SSSR count). The fourth-order valence-corrected chi connectivity index (χ4v) is 2.79. The molecule has 1 amide bonds. The Labute approximate surface area is 171 Å². The molecule has 1 heterocycles. The number of rotatable bonds is 4. The summed E-state index contributed by atoms with van der Waals surface area (Å²) in [7, 11) is 0. The van der Waals surface area contributed by atoms with Crippen molar-refractivity contribution in [3.05, 3.63) is 91.9 Å². The van der Waals surface area contributed by atoms with Crippen molar-refractivity contribution in [2.75, 3.05) is 0 Å². The molecule has 144 valence electrons. The average molecular weight is 406 g/mol. The van der Waals surface area contributed by atoms with Gasteiger partial charge in [-0.05, 0) is 32.0 Å². The number of hydrogen-bond donors (Lipinski definition) is 1. The first-order valence-electron chi connectivity index (χ1n) is 8.61. The molecule has 3 aromatic rings. The Bertz CT molecular complexity index is 1210. The Morgan fingerprint density at radius 2 is 1.90 bits per heavy atom. The Morgan fingerprint density at radius 1 is 1.21 bits per heavy atom. The molecule has 0 unspecified atom stereocenters. The van der Waals surface area contributed by atoms with Gasteiger partial charge in [0.1, 0.15) is 11.6 Å². The van der Waals surface area contributed by atoms with Crippen LogP contribution in [0.25, 0.3) is 5.69 Å². The molecule has 8 heteroatoms. The van der Waals surface area contributed by atoms with Gasteiger partial charge in [0.05, 0.1) is 11.9 Å². The molecule has 2 aromatic carbocycles. The Morgan fingerprint density at radius 3 is 2.55 bits per heavy atom. The van der Waals surface area contributed by atoms with Gasteiger partial charge in [0.25, 0.3) is 11.5 Å². The molecule has 0 aliphatic heterocycles. The summed E-state index contributed by atoms with van der Waals surface area (Å²) in [6.07, 6.45) is 1.40. The van der Waals surface area contributed by atoms with Crippen LogP contribution in [0.5, 0.6) is 0 Å². The van der Waals surface area contributed by atoms with Gasteiger partial charge in [0.2, 0.25) is 0 Å². The lowest BCUT2D eigenvalue weighted by Gasteiger charge is -2.10. The van der Waals surface area contributed by atoms with Gasteiger partial charge in [-0.3, -0.25) is 9.59 Å². The molecular weight excluding hydrogens is 390 g/mol. The summed E-state index contributed by atoms with van der Waals surface area (Å²) in [5, 5.41) is 18.0. The van der Waals surface area contributed by atoms with Crippen LogP contribution >= 0.6 is 11.6 Å². The van der Waals surface area contributed by atoms with E-state index in [2.05, 4.69) is 15.6 Å². The third-order valence-corrected chi connectivity index (χ3v) is 4.56. The zero-order valence-corrected chi connectivity index (χ0v) is 16.4. The molecule has 29 heavy (non-hydrogen) atoms. The summed E-state index contributed by atoms with van der Waals surface area (Å²) >= 11 is 6.05. The van der Waals surface area contributed by atoms with Gasteiger partial charge >= 0.3 is 0 Å². The number of carbonyl (C=O) groups is 1. The summed E-state index contributed by atoms with van der Waals surface area (Å²) < 4.78 is 1.04. The van der Waals surface area contributed by atoms with Crippen molar-refractivity contribution in [3.63, 3.8) is 0 Å². The molecule has 0 spiro atoms. The first-order chi connectivity index (χ1) is 13.9. The largest absolute Gasteiger partial charge is 0.292 e. The highest BCUT2D eigenvalue weighted by atomic mass is 35.5. The van der Waals surface area contributed by atoms with E-state index >= 15 is 0 Å². The lowest BCUT2D eigenvalue weighted by molar-refractivity contribution is 0.0947. The number of nitriles is 1. The molecule has 0 bridgehead atoms. The van der Waals surface area contributed by atoms with Gasteiger partial charge in [-0.15, -0.1) is 0 Å². The molecule has 0 radical (unpaired) electrons. The quantitative estimate of drug-likeness (QED) is 0.532. The van der Waals surface area contributed by atoms with Crippen molar-refractivity contribution < 1.29 is 4.79 Å². The number of hydrogen-bond acceptors (Lipinski definition) is 5. The topological polar surface area (TPSA) is 100 Å². The standard InChI is InChI=1S/C21H16ClN5O2/c1-13-7-9-16(10-8-13)27-21(29)17(11-23)14(2)19(26-27)20(28)25-24-12-15-5-3-4-6-18(15)22/h3-10,12H,1-2H3,(H,25,28)/b24-12+. The predicted molar refractivity (Wildman–Crippen MR) is 111 cm³/mol. The Hall–Kier alpha value is -3.76. The summed E-state index contributed by atoms with van der Waals surface area (Å²) in [4.78, 5) is 25.2. The number of nitrogens with zero attached hydrogens (tertiary/aromatic N) is 4. The summed E-state index contributed by atoms with van der Waals surface area (Å²) in [5.41, 5.74) is 3.81. The highest BCUT2D eigenvalue weighted by Gasteiger charge is 2.20. The van der Waals surface area contributed by atoms with Crippen LogP contribution < -0.4 is 11.0 Å². The minimum atomic E-state index is -0.650. The number of benzene rings is 2. The third kappa shape index (κ3) is 4.23. The van der Waals surface area contributed by atoms with Crippen molar-refractivity contribution in [1.82, 2.24) is 15.2 Å². The second-order valence-electron chi connectivity index (χ2n) is 6.23. The maximum atomic E-state index is 12.6. The third-order valence-electron chi connectivity index (χ3n) is 4.22. The molecule has 0 saturated carbocycles. The molecule has 7 nitrogen and oxygen atoms in total. The van der Waals surface area contributed by atoms with Crippen molar-refractivity contribution in [2.24, 2.45) is 5.10 Å². The second-order valence-corrected chi connectivity index (χ2v) is 6.64. The first kappa shape index (κ1) is 20.0. The number of amides is 1. The van der Waals surface area contributed by atoms with Crippen LogP contribution in [0.4, 0.5) is 0 Å². The van der Waals surface area contributed by atoms with E-state index in [1.54, 1.807) is 36.4 Å². The van der Waals surface area contributed by atoms with E-state index in [4.69, 9.17) is 11.6 Å². The fraction of sp³-hybridized carbons (Fsp3) is 0.0952. The Kier molecular flexibility index (Phi) is 5.86. The van der Waals surface area contributed by atoms with Crippen molar-refractivity contribution in [3.8, 4) is 11.8 Å². The van der Waals surface area contributed by atoms with E-state index in [0.717, 1.165) is 10.2 Å². The van der Waals surface area contributed by atoms with Crippen LogP contribution in [0, 0.1) is 25.2 Å². The minimum Gasteiger partial charge on any atom is -0.266 e. The fourth-order valence-electron chi connectivity index (χ4n) is 2.61. The van der Waals surface area contributed by atoms with Crippen LogP contribution in [-0.4, -0.2) is 21.9 Å². The minimum absolute atomic E-state index is 0.0713. The molecule has 0 saturated heterocycles. The zero-order chi connectivity index (χ0) is 21.0. The molecular formula is C21H16ClN5O2.